The van der Waals surface area contributed by atoms with E-state index in [0.717, 1.165) is 5.69 Å². The smallest absolute Gasteiger partial charge is 0.182 e. The molecule has 1 aromatic carbocycles. The second-order valence-corrected chi connectivity index (χ2v) is 4.03. The molecule has 0 radical (unpaired) electrons. The van der Waals surface area contributed by atoms with Crippen molar-refractivity contribution in [2.24, 2.45) is 0 Å². The monoisotopic (exact) mass is 242 g/mol. The Morgan fingerprint density at radius 1 is 1.47 bits per heavy atom. The molecule has 0 saturated heterocycles. The third-order valence-corrected chi connectivity index (χ3v) is 2.55. The molecule has 0 saturated carbocycles. The second kappa shape index (κ2) is 3.79. The fourth-order valence-electron chi connectivity index (χ4n) is 1.37. The van der Waals surface area contributed by atoms with Crippen LogP contribution in [0.15, 0.2) is 24.4 Å². The molecule has 0 aliphatic heterocycles. The number of halogens is 2. The molecule has 0 bridgehead atoms. The molecule has 1 aromatic heterocycles. The molecule has 2 aromatic rings. The van der Waals surface area contributed by atoms with Crippen LogP contribution < -0.4 is 0 Å². The lowest BCUT2D eigenvalue weighted by Crippen LogP contribution is -1.95. The van der Waals surface area contributed by atoms with Gasteiger partial charge in [0.15, 0.2) is 4.77 Å². The molecule has 2 nitrogen and oxygen atoms in total. The normalized spacial score (nSPS) is 10.6. The van der Waals surface area contributed by atoms with E-state index in [1.54, 1.807) is 22.9 Å². The van der Waals surface area contributed by atoms with Gasteiger partial charge in [0.05, 0.1) is 5.69 Å². The van der Waals surface area contributed by atoms with E-state index in [4.69, 9.17) is 23.8 Å². The first kappa shape index (κ1) is 10.4. The Hall–Kier alpha value is -1.13. The number of rotatable bonds is 1. The van der Waals surface area contributed by atoms with Gasteiger partial charge in [-0.15, -0.1) is 0 Å². The van der Waals surface area contributed by atoms with Gasteiger partial charge >= 0.3 is 0 Å². The summed E-state index contributed by atoms with van der Waals surface area (Å²) in [7, 11) is 0. The SMILES string of the molecule is Cc1cn(-c2ccc(Cl)cc2F)c(=S)[nH]1. The summed E-state index contributed by atoms with van der Waals surface area (Å²) in [6.07, 6.45) is 1.74. The molecule has 1 N–H and O–H groups in total. The van der Waals surface area contributed by atoms with Crippen molar-refractivity contribution < 1.29 is 4.39 Å². The van der Waals surface area contributed by atoms with Crippen LogP contribution in [-0.2, 0) is 0 Å². The number of aryl methyl sites for hydroxylation is 1. The minimum absolute atomic E-state index is 0.370. The molecule has 5 heteroatoms. The molecular weight excluding hydrogens is 235 g/mol. The van der Waals surface area contributed by atoms with Crippen LogP contribution in [0.4, 0.5) is 4.39 Å². The van der Waals surface area contributed by atoms with Gasteiger partial charge < -0.3 is 4.98 Å². The number of imidazole rings is 1. The summed E-state index contributed by atoms with van der Waals surface area (Å²) in [5.41, 5.74) is 1.28. The summed E-state index contributed by atoms with van der Waals surface area (Å²) in [6.45, 7) is 1.86. The average Bonchev–Trinajstić information content (AvgIpc) is 2.45. The third kappa shape index (κ3) is 1.96. The number of hydrogen-bond acceptors (Lipinski definition) is 1. The lowest BCUT2D eigenvalue weighted by Gasteiger charge is -2.03. The molecule has 78 valence electrons. The molecule has 0 unspecified atom stereocenters. The lowest BCUT2D eigenvalue weighted by atomic mass is 10.3. The summed E-state index contributed by atoms with van der Waals surface area (Å²) in [5, 5.41) is 0.370. The summed E-state index contributed by atoms with van der Waals surface area (Å²) in [4.78, 5) is 2.93. The van der Waals surface area contributed by atoms with Gasteiger partial charge in [-0.05, 0) is 37.3 Å². The summed E-state index contributed by atoms with van der Waals surface area (Å²) < 4.78 is 15.6. The van der Waals surface area contributed by atoms with Crippen molar-refractivity contribution in [2.45, 2.75) is 6.92 Å². The number of aromatic nitrogens is 2. The first-order valence-corrected chi connectivity index (χ1v) is 5.10. The Kier molecular flexibility index (Phi) is 2.63. The maximum absolute atomic E-state index is 13.6. The highest BCUT2D eigenvalue weighted by Gasteiger charge is 2.06. The van der Waals surface area contributed by atoms with E-state index in [1.807, 2.05) is 6.92 Å². The number of aromatic amines is 1. The fraction of sp³-hybridized carbons (Fsp3) is 0.100. The van der Waals surface area contributed by atoms with E-state index in [-0.39, 0.29) is 0 Å². The van der Waals surface area contributed by atoms with Gasteiger partial charge in [0.25, 0.3) is 0 Å². The maximum Gasteiger partial charge on any atom is 0.182 e. The minimum Gasteiger partial charge on any atom is -0.335 e. The number of hydrogen-bond donors (Lipinski definition) is 1. The van der Waals surface area contributed by atoms with Crippen LogP contribution >= 0.6 is 23.8 Å². The van der Waals surface area contributed by atoms with Gasteiger partial charge in [-0.2, -0.15) is 0 Å². The minimum atomic E-state index is -0.391. The van der Waals surface area contributed by atoms with Crippen LogP contribution in [0.25, 0.3) is 5.69 Å². The van der Waals surface area contributed by atoms with Crippen LogP contribution in [0.1, 0.15) is 5.69 Å². The van der Waals surface area contributed by atoms with Gasteiger partial charge in [0.1, 0.15) is 5.82 Å². The molecule has 0 spiro atoms. The zero-order valence-electron chi connectivity index (χ0n) is 7.92. The number of benzene rings is 1. The largest absolute Gasteiger partial charge is 0.335 e. The fourth-order valence-corrected chi connectivity index (χ4v) is 1.84. The highest BCUT2D eigenvalue weighted by Crippen LogP contribution is 2.18. The van der Waals surface area contributed by atoms with Crippen LogP contribution in [-0.4, -0.2) is 9.55 Å². The van der Waals surface area contributed by atoms with E-state index < -0.39 is 5.82 Å². The highest BCUT2D eigenvalue weighted by atomic mass is 35.5. The van der Waals surface area contributed by atoms with Gasteiger partial charge in [-0.3, -0.25) is 4.57 Å². The van der Waals surface area contributed by atoms with Crippen molar-refractivity contribution in [1.82, 2.24) is 9.55 Å². The van der Waals surface area contributed by atoms with Gasteiger partial charge in [-0.1, -0.05) is 11.6 Å². The van der Waals surface area contributed by atoms with E-state index in [1.165, 1.54) is 6.07 Å². The Morgan fingerprint density at radius 2 is 2.20 bits per heavy atom. The first-order chi connectivity index (χ1) is 7.08. The predicted octanol–water partition coefficient (Wildman–Crippen LogP) is 3.64. The van der Waals surface area contributed by atoms with Crippen molar-refractivity contribution in [2.75, 3.05) is 0 Å². The zero-order chi connectivity index (χ0) is 11.0. The van der Waals surface area contributed by atoms with E-state index in [0.29, 0.717) is 15.5 Å². The molecule has 0 atom stereocenters. The molecule has 0 amide bonds. The average molecular weight is 243 g/mol. The molecule has 15 heavy (non-hydrogen) atoms. The van der Waals surface area contributed by atoms with Crippen LogP contribution in [0.2, 0.25) is 5.02 Å². The maximum atomic E-state index is 13.6. The van der Waals surface area contributed by atoms with Crippen molar-refractivity contribution in [3.8, 4) is 5.69 Å². The Balaban J connectivity index is 2.64. The number of H-pyrrole nitrogens is 1. The van der Waals surface area contributed by atoms with Crippen molar-refractivity contribution in [3.05, 3.63) is 45.7 Å². The standard InChI is InChI=1S/C10H8ClFN2S/c1-6-5-14(10(15)13-6)9-3-2-7(11)4-8(9)12/h2-5H,1H3,(H,13,15). The van der Waals surface area contributed by atoms with Crippen LogP contribution in [0.3, 0.4) is 0 Å². The molecule has 1 heterocycles. The Labute approximate surface area is 96.3 Å². The lowest BCUT2D eigenvalue weighted by molar-refractivity contribution is 0.617. The van der Waals surface area contributed by atoms with E-state index >= 15 is 0 Å². The summed E-state index contributed by atoms with van der Waals surface area (Å²) in [6, 6.07) is 4.49. The highest BCUT2D eigenvalue weighted by molar-refractivity contribution is 7.71. The second-order valence-electron chi connectivity index (χ2n) is 3.21. The first-order valence-electron chi connectivity index (χ1n) is 4.31. The van der Waals surface area contributed by atoms with Crippen molar-refractivity contribution in [1.29, 1.82) is 0 Å². The predicted molar refractivity (Wildman–Crippen MR) is 60.7 cm³/mol. The van der Waals surface area contributed by atoms with Gasteiger partial charge in [0, 0.05) is 16.9 Å². The number of nitrogens with zero attached hydrogens (tertiary/aromatic N) is 1. The molecule has 0 aliphatic rings. The number of nitrogens with one attached hydrogen (secondary N) is 1. The van der Waals surface area contributed by atoms with Crippen LogP contribution in [0.5, 0.6) is 0 Å². The molecular formula is C10H8ClFN2S. The summed E-state index contributed by atoms with van der Waals surface area (Å²) in [5.74, 6) is -0.391. The molecule has 0 aliphatic carbocycles. The quantitative estimate of drug-likeness (QED) is 0.758. The Morgan fingerprint density at radius 3 is 2.73 bits per heavy atom. The Bertz CT molecular complexity index is 559. The van der Waals surface area contributed by atoms with E-state index in [2.05, 4.69) is 4.98 Å². The van der Waals surface area contributed by atoms with Gasteiger partial charge in [-0.25, -0.2) is 4.39 Å². The summed E-state index contributed by atoms with van der Waals surface area (Å²) >= 11 is 10.7. The topological polar surface area (TPSA) is 20.7 Å². The van der Waals surface area contributed by atoms with Crippen LogP contribution in [0, 0.1) is 17.5 Å². The van der Waals surface area contributed by atoms with Gasteiger partial charge in [0.2, 0.25) is 0 Å². The molecule has 0 fully saturated rings. The van der Waals surface area contributed by atoms with Crippen molar-refractivity contribution in [3.63, 3.8) is 0 Å². The molecule has 2 rings (SSSR count). The van der Waals surface area contributed by atoms with Crippen molar-refractivity contribution >= 4 is 23.8 Å². The zero-order valence-corrected chi connectivity index (χ0v) is 9.49. The third-order valence-electron chi connectivity index (χ3n) is 2.01. The van der Waals surface area contributed by atoms with E-state index in [9.17, 15) is 4.39 Å².